The number of carbonyl (C=O) groups excluding carboxylic acids is 8. The Hall–Kier alpha value is -6.48. The predicted octanol–water partition coefficient (Wildman–Crippen LogP) is 3.48. The van der Waals surface area contributed by atoms with Gasteiger partial charge < -0.3 is 56.8 Å². The highest BCUT2D eigenvalue weighted by molar-refractivity contribution is 5.89. The van der Waals surface area contributed by atoms with E-state index in [1.807, 2.05) is 0 Å². The molecule has 0 radical (unpaired) electrons. The molecule has 8 aliphatic rings. The molecule has 20 heteroatoms. The summed E-state index contributed by atoms with van der Waals surface area (Å²) in [6.07, 6.45) is 11.9. The SMILES string of the molecule is C=C(C)C(=O)OCC12C=CC(CC1C(=O)OCC(COC(=O)C1CC3C=CC1(COC(=O)C(=C)C)O3)(COC(=O)C1CC3C=CC1(COC(=O)C(=C)C)O3)COC(=O)C1CC3C=CC1(COC(=O)C(=C)C)O3)O2. The Morgan fingerprint density at radius 2 is 0.603 bits per heavy atom. The number of fused-ring (bicyclic) bond motifs is 8. The zero-order valence-electron chi connectivity index (χ0n) is 41.2. The first-order valence-corrected chi connectivity index (χ1v) is 24.0. The van der Waals surface area contributed by atoms with Crippen molar-refractivity contribution < 1.29 is 95.2 Å². The topological polar surface area (TPSA) is 247 Å². The van der Waals surface area contributed by atoms with Crippen LogP contribution in [0.4, 0.5) is 0 Å². The second-order valence-electron chi connectivity index (χ2n) is 20.4. The first kappa shape index (κ1) is 52.8. The molecule has 0 aromatic rings. The van der Waals surface area contributed by atoms with Crippen LogP contribution in [-0.2, 0) is 95.2 Å². The van der Waals surface area contributed by atoms with E-state index in [9.17, 15) is 38.4 Å². The second kappa shape index (κ2) is 20.4. The first-order chi connectivity index (χ1) is 34.5. The number of esters is 8. The number of rotatable bonds is 24. The molecule has 73 heavy (non-hydrogen) atoms. The lowest BCUT2D eigenvalue weighted by Crippen LogP contribution is -2.50. The van der Waals surface area contributed by atoms with Gasteiger partial charge in [0.15, 0.2) is 0 Å². The van der Waals surface area contributed by atoms with Crippen molar-refractivity contribution in [3.63, 3.8) is 0 Å². The maximum atomic E-state index is 14.4. The van der Waals surface area contributed by atoms with E-state index in [4.69, 9.17) is 56.8 Å². The molecule has 0 amide bonds. The number of hydrogen-bond acceptors (Lipinski definition) is 20. The average Bonchev–Trinajstić information content (AvgIpc) is 4.26. The van der Waals surface area contributed by atoms with Crippen LogP contribution < -0.4 is 0 Å². The molecule has 8 heterocycles. The van der Waals surface area contributed by atoms with Crippen molar-refractivity contribution in [3.8, 4) is 0 Å². The van der Waals surface area contributed by atoms with Crippen molar-refractivity contribution in [1.82, 2.24) is 0 Å². The Morgan fingerprint density at radius 1 is 0.397 bits per heavy atom. The molecule has 0 saturated carbocycles. The summed E-state index contributed by atoms with van der Waals surface area (Å²) in [4.78, 5) is 107. The Kier molecular flexibility index (Phi) is 14.8. The molecule has 20 nitrogen and oxygen atoms in total. The van der Waals surface area contributed by atoms with E-state index < -0.39 is 150 Å². The van der Waals surface area contributed by atoms with Gasteiger partial charge in [-0.2, -0.15) is 0 Å². The molecule has 12 atom stereocenters. The summed E-state index contributed by atoms with van der Waals surface area (Å²) in [7, 11) is 0. The molecule has 0 spiro atoms. The van der Waals surface area contributed by atoms with E-state index in [0.29, 0.717) is 0 Å². The highest BCUT2D eigenvalue weighted by Crippen LogP contribution is 2.48. The molecule has 12 unspecified atom stereocenters. The van der Waals surface area contributed by atoms with E-state index in [0.717, 1.165) is 0 Å². The molecule has 8 aliphatic heterocycles. The van der Waals surface area contributed by atoms with Gasteiger partial charge >= 0.3 is 47.8 Å². The van der Waals surface area contributed by atoms with Crippen molar-refractivity contribution in [2.24, 2.45) is 29.1 Å². The fraction of sp³-hybridized carbons (Fsp3) is 0.547. The third kappa shape index (κ3) is 10.7. The van der Waals surface area contributed by atoms with E-state index in [2.05, 4.69) is 26.3 Å². The van der Waals surface area contributed by atoms with Crippen LogP contribution >= 0.6 is 0 Å². The summed E-state index contributed by atoms with van der Waals surface area (Å²) in [6.45, 7) is 16.1. The van der Waals surface area contributed by atoms with Crippen LogP contribution in [0.15, 0.2) is 97.2 Å². The number of carbonyl (C=O) groups is 8. The summed E-state index contributed by atoms with van der Waals surface area (Å²) >= 11 is 0. The van der Waals surface area contributed by atoms with Gasteiger partial charge in [0.25, 0.3) is 0 Å². The van der Waals surface area contributed by atoms with Gasteiger partial charge in [-0.1, -0.05) is 50.6 Å². The standard InChI is InChI=1S/C53H60O20/c1-29(2)41(54)66-25-50-13-9-33(70-50)17-37(50)45(58)62-21-49(22-63-46(59)38-18-34-10-14-51(38,71-34)26-67-42(55)30(3)4,23-64-47(60)39-19-35-11-15-52(39,72-35)27-68-43(56)31(5)6)24-65-48(61)40-20-36-12-16-53(40,73-36)28-69-44(57)32(7)8/h9-16,33-40H,1,3,5,7,17-28H2,2,4,6,8H3. The van der Waals surface area contributed by atoms with Crippen LogP contribution in [0.1, 0.15) is 53.4 Å². The lowest BCUT2D eigenvalue weighted by atomic mass is 9.82. The van der Waals surface area contributed by atoms with Gasteiger partial charge in [0.05, 0.1) is 48.1 Å². The summed E-state index contributed by atoms with van der Waals surface area (Å²) in [5.74, 6) is -10.2. The summed E-state index contributed by atoms with van der Waals surface area (Å²) < 4.78 is 70.6. The molecule has 0 aromatic heterocycles. The van der Waals surface area contributed by atoms with E-state index in [-0.39, 0.29) is 74.4 Å². The molecule has 0 N–H and O–H groups in total. The van der Waals surface area contributed by atoms with E-state index >= 15 is 0 Å². The van der Waals surface area contributed by atoms with Crippen LogP contribution in [0.3, 0.4) is 0 Å². The Morgan fingerprint density at radius 3 is 0.781 bits per heavy atom. The largest absolute Gasteiger partial charge is 0.464 e. The lowest BCUT2D eigenvalue weighted by Gasteiger charge is -2.36. The van der Waals surface area contributed by atoms with E-state index in [1.54, 1.807) is 48.6 Å². The van der Waals surface area contributed by atoms with Crippen molar-refractivity contribution in [2.45, 2.75) is 100 Å². The molecule has 0 aliphatic carbocycles. The van der Waals surface area contributed by atoms with Gasteiger partial charge in [-0.25, -0.2) is 19.2 Å². The minimum absolute atomic E-state index is 0.126. The van der Waals surface area contributed by atoms with Crippen LogP contribution in [-0.4, -0.2) is 147 Å². The highest BCUT2D eigenvalue weighted by Gasteiger charge is 2.60. The van der Waals surface area contributed by atoms with Crippen molar-refractivity contribution in [1.29, 1.82) is 0 Å². The van der Waals surface area contributed by atoms with Crippen molar-refractivity contribution in [3.05, 3.63) is 97.2 Å². The minimum atomic E-state index is -1.87. The molecule has 8 bridgehead atoms. The zero-order valence-corrected chi connectivity index (χ0v) is 41.2. The van der Waals surface area contributed by atoms with Gasteiger partial charge in [0.1, 0.15) is 80.7 Å². The number of ether oxygens (including phenoxy) is 12. The van der Waals surface area contributed by atoms with Crippen LogP contribution in [0.2, 0.25) is 0 Å². The smallest absolute Gasteiger partial charge is 0.333 e. The van der Waals surface area contributed by atoms with Gasteiger partial charge in [-0.05, 0) is 77.7 Å². The third-order valence-electron chi connectivity index (χ3n) is 14.4. The molecular formula is C53H60O20. The highest BCUT2D eigenvalue weighted by atomic mass is 16.6. The Balaban J connectivity index is 1.08. The first-order valence-electron chi connectivity index (χ1n) is 24.0. The average molecular weight is 1020 g/mol. The Labute approximate surface area is 421 Å². The Bertz CT molecular complexity index is 2170. The third-order valence-corrected chi connectivity index (χ3v) is 14.4. The van der Waals surface area contributed by atoms with E-state index in [1.165, 1.54) is 27.7 Å². The molecule has 392 valence electrons. The fourth-order valence-electron chi connectivity index (χ4n) is 10.2. The normalized spacial score (nSPS) is 33.7. The molecule has 0 aromatic carbocycles. The predicted molar refractivity (Wildman–Crippen MR) is 249 cm³/mol. The van der Waals surface area contributed by atoms with Gasteiger partial charge in [-0.3, -0.25) is 19.2 Å². The van der Waals surface area contributed by atoms with Gasteiger partial charge in [0.2, 0.25) is 0 Å². The molecule has 4 fully saturated rings. The second-order valence-corrected chi connectivity index (χ2v) is 20.4. The lowest BCUT2D eigenvalue weighted by molar-refractivity contribution is -0.183. The molecule has 4 saturated heterocycles. The zero-order chi connectivity index (χ0) is 52.7. The summed E-state index contributed by atoms with van der Waals surface area (Å²) in [5.41, 5.74) is -7.01. The van der Waals surface area contributed by atoms with Crippen LogP contribution in [0.5, 0.6) is 0 Å². The summed E-state index contributed by atoms with van der Waals surface area (Å²) in [6, 6.07) is 0. The van der Waals surface area contributed by atoms with Crippen LogP contribution in [0.25, 0.3) is 0 Å². The monoisotopic (exact) mass is 1020 g/mol. The quantitative estimate of drug-likeness (QED) is 0.0581. The minimum Gasteiger partial charge on any atom is -0.464 e. The fourth-order valence-corrected chi connectivity index (χ4v) is 10.2. The molecular weight excluding hydrogens is 957 g/mol. The van der Waals surface area contributed by atoms with Gasteiger partial charge in [-0.15, -0.1) is 0 Å². The van der Waals surface area contributed by atoms with Crippen molar-refractivity contribution >= 4 is 47.8 Å². The van der Waals surface area contributed by atoms with Crippen molar-refractivity contribution in [2.75, 3.05) is 52.9 Å². The molecule has 8 rings (SSSR count). The summed E-state index contributed by atoms with van der Waals surface area (Å²) in [5, 5.41) is 0. The van der Waals surface area contributed by atoms with Gasteiger partial charge in [0, 0.05) is 22.3 Å². The number of hydrogen-bond donors (Lipinski definition) is 0. The van der Waals surface area contributed by atoms with Crippen LogP contribution in [0, 0.1) is 29.1 Å². The maximum absolute atomic E-state index is 14.4. The maximum Gasteiger partial charge on any atom is 0.333 e.